The number of carbonyl (C=O) groups is 1. The zero-order chi connectivity index (χ0) is 22.9. The molecule has 0 saturated carbocycles. The largest absolute Gasteiger partial charge is 0.416 e. The van der Waals surface area contributed by atoms with Crippen molar-refractivity contribution in [3.8, 4) is 10.6 Å². The van der Waals surface area contributed by atoms with Crippen molar-refractivity contribution < 1.29 is 18.0 Å². The minimum Gasteiger partial charge on any atom is -0.312 e. The summed E-state index contributed by atoms with van der Waals surface area (Å²) < 4.78 is 40.1. The number of thiazole rings is 1. The van der Waals surface area contributed by atoms with E-state index in [0.717, 1.165) is 71.1 Å². The Bertz CT molecular complexity index is 1120. The van der Waals surface area contributed by atoms with Gasteiger partial charge in [-0.05, 0) is 49.1 Å². The lowest BCUT2D eigenvalue weighted by molar-refractivity contribution is -0.137. The molecule has 1 aromatic carbocycles. The molecule has 8 heteroatoms. The van der Waals surface area contributed by atoms with Crippen molar-refractivity contribution in [2.45, 2.75) is 65.1 Å². The third-order valence-electron chi connectivity index (χ3n) is 6.14. The highest BCUT2D eigenvalue weighted by Gasteiger charge is 2.31. The van der Waals surface area contributed by atoms with Gasteiger partial charge in [-0.2, -0.15) is 13.2 Å². The minimum absolute atomic E-state index is 0.224. The third kappa shape index (κ3) is 5.07. The maximum Gasteiger partial charge on any atom is 0.416 e. The summed E-state index contributed by atoms with van der Waals surface area (Å²) in [6.45, 7) is 5.99. The Hall–Kier alpha value is -1.77. The number of alkyl halides is 3. The lowest BCUT2D eigenvalue weighted by Gasteiger charge is -2.13. The van der Waals surface area contributed by atoms with E-state index in [2.05, 4.69) is 24.1 Å². The lowest BCUT2D eigenvalue weighted by atomic mass is 9.98. The fourth-order valence-corrected chi connectivity index (χ4v) is 6.56. The summed E-state index contributed by atoms with van der Waals surface area (Å²) in [6, 6.07) is 3.73. The molecule has 0 fully saturated rings. The number of benzene rings is 1. The number of ketones is 1. The molecule has 3 heterocycles. The first-order chi connectivity index (χ1) is 15.3. The molecule has 0 amide bonds. The molecule has 1 aliphatic rings. The van der Waals surface area contributed by atoms with Crippen molar-refractivity contribution in [1.29, 1.82) is 0 Å². The van der Waals surface area contributed by atoms with E-state index in [0.29, 0.717) is 24.3 Å². The van der Waals surface area contributed by atoms with Crippen LogP contribution in [0.5, 0.6) is 0 Å². The van der Waals surface area contributed by atoms with Gasteiger partial charge < -0.3 is 5.32 Å². The number of halogens is 3. The van der Waals surface area contributed by atoms with Crippen LogP contribution in [0.3, 0.4) is 0 Å². The number of aromatic nitrogens is 1. The number of carbonyl (C=O) groups excluding carboxylic acids is 1. The van der Waals surface area contributed by atoms with Gasteiger partial charge in [-0.15, -0.1) is 22.7 Å². The molecule has 4 rings (SSSR count). The molecule has 1 N–H and O–H groups in total. The molecule has 2 aromatic heterocycles. The number of Topliss-reactive ketones (excluding diaryl/α,β-unsaturated/α-hetero) is 1. The molecule has 3 nitrogen and oxygen atoms in total. The highest BCUT2D eigenvalue weighted by Crippen LogP contribution is 2.43. The van der Waals surface area contributed by atoms with E-state index in [9.17, 15) is 18.0 Å². The molecular formula is C24H27F3N2OS2. The second kappa shape index (κ2) is 9.61. The van der Waals surface area contributed by atoms with Crippen LogP contribution in [-0.2, 0) is 30.4 Å². The first-order valence-electron chi connectivity index (χ1n) is 11.1. The topological polar surface area (TPSA) is 42.0 Å². The van der Waals surface area contributed by atoms with Gasteiger partial charge in [-0.3, -0.25) is 4.79 Å². The molecule has 0 saturated heterocycles. The normalized spacial score (nSPS) is 15.2. The predicted molar refractivity (Wildman–Crippen MR) is 125 cm³/mol. The molecule has 172 valence electrons. The van der Waals surface area contributed by atoms with Gasteiger partial charge in [0.25, 0.3) is 0 Å². The Labute approximate surface area is 194 Å². The predicted octanol–water partition coefficient (Wildman–Crippen LogP) is 7.02. The maximum atomic E-state index is 13.1. The molecule has 1 unspecified atom stereocenters. The maximum absolute atomic E-state index is 13.1. The van der Waals surface area contributed by atoms with E-state index in [-0.39, 0.29) is 5.78 Å². The van der Waals surface area contributed by atoms with Gasteiger partial charge in [-0.1, -0.05) is 26.7 Å². The fourth-order valence-electron chi connectivity index (χ4n) is 4.09. The molecule has 1 aliphatic heterocycles. The molecular weight excluding hydrogens is 453 g/mol. The average molecular weight is 481 g/mol. The minimum atomic E-state index is -4.39. The van der Waals surface area contributed by atoms with Crippen molar-refractivity contribution in [2.75, 3.05) is 6.54 Å². The lowest BCUT2D eigenvalue weighted by Crippen LogP contribution is -2.22. The smallest absolute Gasteiger partial charge is 0.312 e. The molecule has 1 atom stereocenters. The van der Waals surface area contributed by atoms with Crippen molar-refractivity contribution in [3.05, 3.63) is 39.1 Å². The molecule has 0 radical (unpaired) electrons. The summed E-state index contributed by atoms with van der Waals surface area (Å²) in [4.78, 5) is 19.6. The van der Waals surface area contributed by atoms with Gasteiger partial charge in [0.05, 0.1) is 15.8 Å². The summed E-state index contributed by atoms with van der Waals surface area (Å²) in [5, 5.41) is 4.10. The van der Waals surface area contributed by atoms with Gasteiger partial charge in [0.15, 0.2) is 0 Å². The van der Waals surface area contributed by atoms with Crippen molar-refractivity contribution in [2.24, 2.45) is 5.92 Å². The van der Waals surface area contributed by atoms with Gasteiger partial charge in [0.2, 0.25) is 0 Å². The standard InChI is InChI=1S/C24H27F3N2OS2/c1-3-14(2)5-4-6-16(30)12-20-22(17-9-10-28-13-21(17)31-20)23-29-18-11-15(24(25,26)27)7-8-19(18)32-23/h7-8,11,14,28H,3-6,9-10,12-13H2,1-2H3. The number of rotatable bonds is 8. The number of fused-ring (bicyclic) bond motifs is 2. The van der Waals surface area contributed by atoms with Crippen LogP contribution >= 0.6 is 22.7 Å². The Morgan fingerprint density at radius 2 is 2.09 bits per heavy atom. The molecule has 0 aliphatic carbocycles. The SMILES string of the molecule is CCC(C)CCCC(=O)Cc1sc2c(c1-c1nc3cc(C(F)(F)F)ccc3s1)CCNC2. The second-order valence-electron chi connectivity index (χ2n) is 8.55. The Morgan fingerprint density at radius 1 is 1.28 bits per heavy atom. The van der Waals surface area contributed by atoms with Crippen LogP contribution in [0, 0.1) is 5.92 Å². The quantitative estimate of drug-likeness (QED) is 0.377. The van der Waals surface area contributed by atoms with Crippen molar-refractivity contribution >= 4 is 38.7 Å². The molecule has 32 heavy (non-hydrogen) atoms. The fraction of sp³-hybridized carbons (Fsp3) is 0.500. The van der Waals surface area contributed by atoms with Gasteiger partial charge >= 0.3 is 6.18 Å². The highest BCUT2D eigenvalue weighted by molar-refractivity contribution is 7.22. The van der Waals surface area contributed by atoms with E-state index in [1.165, 1.54) is 27.8 Å². The summed E-state index contributed by atoms with van der Waals surface area (Å²) >= 11 is 3.06. The van der Waals surface area contributed by atoms with Crippen molar-refractivity contribution in [3.63, 3.8) is 0 Å². The average Bonchev–Trinajstić information content (AvgIpc) is 3.32. The molecule has 0 spiro atoms. The number of hydrogen-bond donors (Lipinski definition) is 1. The third-order valence-corrected chi connectivity index (χ3v) is 8.42. The van der Waals surface area contributed by atoms with Crippen LogP contribution in [0.4, 0.5) is 13.2 Å². The van der Waals surface area contributed by atoms with Gasteiger partial charge in [-0.25, -0.2) is 4.98 Å². The molecule has 3 aromatic rings. The van der Waals surface area contributed by atoms with Crippen LogP contribution in [0.1, 0.15) is 60.4 Å². The van der Waals surface area contributed by atoms with Crippen LogP contribution in [0.15, 0.2) is 18.2 Å². The number of hydrogen-bond acceptors (Lipinski definition) is 5. The number of nitrogens with one attached hydrogen (secondary N) is 1. The zero-order valence-electron chi connectivity index (χ0n) is 18.3. The van der Waals surface area contributed by atoms with E-state index < -0.39 is 11.7 Å². The molecule has 0 bridgehead atoms. The highest BCUT2D eigenvalue weighted by atomic mass is 32.1. The second-order valence-corrected chi connectivity index (χ2v) is 10.8. The van der Waals surface area contributed by atoms with E-state index in [1.54, 1.807) is 11.3 Å². The Morgan fingerprint density at radius 3 is 2.84 bits per heavy atom. The van der Waals surface area contributed by atoms with Crippen LogP contribution in [-0.4, -0.2) is 17.3 Å². The monoisotopic (exact) mass is 480 g/mol. The van der Waals surface area contributed by atoms with Gasteiger partial charge in [0.1, 0.15) is 10.8 Å². The first-order valence-corrected chi connectivity index (χ1v) is 12.7. The van der Waals surface area contributed by atoms with Crippen LogP contribution in [0.25, 0.3) is 20.8 Å². The van der Waals surface area contributed by atoms with Crippen molar-refractivity contribution in [1.82, 2.24) is 10.3 Å². The summed E-state index contributed by atoms with van der Waals surface area (Å²) in [6.07, 6.45) is 0.467. The Balaban J connectivity index is 1.64. The van der Waals surface area contributed by atoms with Crippen LogP contribution in [0.2, 0.25) is 0 Å². The summed E-state index contributed by atoms with van der Waals surface area (Å²) in [7, 11) is 0. The van der Waals surface area contributed by atoms with Crippen LogP contribution < -0.4 is 5.32 Å². The Kier molecular flexibility index (Phi) is 7.03. The summed E-state index contributed by atoms with van der Waals surface area (Å²) in [5.41, 5.74) is 1.86. The number of nitrogens with zero attached hydrogens (tertiary/aromatic N) is 1. The van der Waals surface area contributed by atoms with E-state index in [4.69, 9.17) is 0 Å². The number of thiophene rings is 1. The first kappa shape index (κ1) is 23.4. The van der Waals surface area contributed by atoms with Gasteiger partial charge in [0, 0.05) is 34.7 Å². The van der Waals surface area contributed by atoms with E-state index in [1.807, 2.05) is 0 Å². The summed E-state index contributed by atoms with van der Waals surface area (Å²) in [5.74, 6) is 0.851. The van der Waals surface area contributed by atoms with E-state index >= 15 is 0 Å². The zero-order valence-corrected chi connectivity index (χ0v) is 19.9.